The molecular formula is C20H21N3O2S. The van der Waals surface area contributed by atoms with Gasteiger partial charge < -0.3 is 4.57 Å². The molecule has 0 aromatic carbocycles. The molecule has 0 atom stereocenters. The van der Waals surface area contributed by atoms with E-state index < -0.39 is 0 Å². The van der Waals surface area contributed by atoms with Gasteiger partial charge in [0.05, 0.1) is 11.3 Å². The van der Waals surface area contributed by atoms with Gasteiger partial charge >= 0.3 is 0 Å². The van der Waals surface area contributed by atoms with E-state index in [9.17, 15) is 14.9 Å². The fourth-order valence-electron chi connectivity index (χ4n) is 2.83. The van der Waals surface area contributed by atoms with Crippen LogP contribution in [0.5, 0.6) is 0 Å². The number of aryl methyl sites for hydroxylation is 2. The highest BCUT2D eigenvalue weighted by atomic mass is 32.2. The summed E-state index contributed by atoms with van der Waals surface area (Å²) in [6, 6.07) is 5.49. The first-order valence-corrected chi connectivity index (χ1v) is 9.15. The van der Waals surface area contributed by atoms with Gasteiger partial charge in [-0.05, 0) is 39.8 Å². The van der Waals surface area contributed by atoms with Crippen molar-refractivity contribution in [3.8, 4) is 6.07 Å². The number of carbonyl (C=O) groups excluding carboxylic acids is 2. The Morgan fingerprint density at radius 1 is 1.31 bits per heavy atom. The number of rotatable bonds is 7. The number of carbonyl (C=O) groups is 2. The quantitative estimate of drug-likeness (QED) is 0.419. The molecule has 0 amide bonds. The van der Waals surface area contributed by atoms with Gasteiger partial charge in [0.1, 0.15) is 11.1 Å². The maximum Gasteiger partial charge on any atom is 0.174 e. The van der Waals surface area contributed by atoms with E-state index in [2.05, 4.69) is 17.6 Å². The minimum Gasteiger partial charge on any atom is -0.345 e. The summed E-state index contributed by atoms with van der Waals surface area (Å²) in [5.41, 5.74) is 3.90. The number of ketones is 2. The number of hydrogen-bond acceptors (Lipinski definition) is 5. The molecule has 2 heterocycles. The number of hydrogen-bond donors (Lipinski definition) is 0. The second-order valence-corrected chi connectivity index (χ2v) is 7.00. The van der Waals surface area contributed by atoms with Gasteiger partial charge in [0, 0.05) is 34.8 Å². The highest BCUT2D eigenvalue weighted by molar-refractivity contribution is 8.00. The minimum atomic E-state index is -0.131. The van der Waals surface area contributed by atoms with E-state index in [-0.39, 0.29) is 17.3 Å². The second-order valence-electron chi connectivity index (χ2n) is 6.04. The van der Waals surface area contributed by atoms with Gasteiger partial charge in [-0.25, -0.2) is 4.98 Å². The average Bonchev–Trinajstić information content (AvgIpc) is 2.88. The van der Waals surface area contributed by atoms with Crippen LogP contribution in [0.2, 0.25) is 0 Å². The molecule has 134 valence electrons. The maximum atomic E-state index is 12.6. The molecule has 0 fully saturated rings. The number of aromatic nitrogens is 2. The number of Topliss-reactive ketones (excluding diaryl/α,β-unsaturated/α-hetero) is 2. The summed E-state index contributed by atoms with van der Waals surface area (Å²) >= 11 is 1.22. The molecule has 2 aromatic rings. The van der Waals surface area contributed by atoms with Crippen LogP contribution in [0.1, 0.15) is 50.3 Å². The molecule has 2 rings (SSSR count). The summed E-state index contributed by atoms with van der Waals surface area (Å²) in [7, 11) is 0. The number of pyridine rings is 1. The smallest absolute Gasteiger partial charge is 0.174 e. The third-order valence-corrected chi connectivity index (χ3v) is 5.19. The van der Waals surface area contributed by atoms with Crippen LogP contribution in [0.15, 0.2) is 29.8 Å². The van der Waals surface area contributed by atoms with Crippen molar-refractivity contribution in [3.63, 3.8) is 0 Å². The molecule has 2 aromatic heterocycles. The Morgan fingerprint density at radius 2 is 2.00 bits per heavy atom. The highest BCUT2D eigenvalue weighted by Crippen LogP contribution is 2.25. The molecule has 0 aliphatic heterocycles. The molecular weight excluding hydrogens is 346 g/mol. The summed E-state index contributed by atoms with van der Waals surface area (Å²) in [5, 5.41) is 9.80. The first kappa shape index (κ1) is 19.7. The standard InChI is InChI=1S/C20H21N3O2S/c1-6-7-23-12(2)8-18(14(23)4)19(25)11-26-20-16(10-21)9-17(15(5)24)13(3)22-20/h6,8-9H,1,7,11H2,2-5H3. The van der Waals surface area contributed by atoms with Gasteiger partial charge in [-0.1, -0.05) is 17.8 Å². The molecule has 0 unspecified atom stereocenters. The van der Waals surface area contributed by atoms with Crippen molar-refractivity contribution < 1.29 is 9.59 Å². The molecule has 0 saturated heterocycles. The Kier molecular flexibility index (Phi) is 6.17. The lowest BCUT2D eigenvalue weighted by Crippen LogP contribution is -2.07. The van der Waals surface area contributed by atoms with Crippen molar-refractivity contribution in [2.45, 2.75) is 39.3 Å². The van der Waals surface area contributed by atoms with Crippen molar-refractivity contribution >= 4 is 23.3 Å². The van der Waals surface area contributed by atoms with Crippen LogP contribution >= 0.6 is 11.8 Å². The van der Waals surface area contributed by atoms with Crippen LogP contribution in [0, 0.1) is 32.1 Å². The van der Waals surface area contributed by atoms with E-state index in [0.717, 1.165) is 11.4 Å². The highest BCUT2D eigenvalue weighted by Gasteiger charge is 2.18. The lowest BCUT2D eigenvalue weighted by molar-refractivity contribution is 0.101. The normalized spacial score (nSPS) is 10.4. The predicted octanol–water partition coefficient (Wildman–Crippen LogP) is 4.04. The van der Waals surface area contributed by atoms with E-state index in [1.165, 1.54) is 18.7 Å². The fraction of sp³-hybridized carbons (Fsp3) is 0.300. The molecule has 0 radical (unpaired) electrons. The molecule has 0 spiro atoms. The van der Waals surface area contributed by atoms with Crippen molar-refractivity contribution in [1.82, 2.24) is 9.55 Å². The zero-order chi connectivity index (χ0) is 19.4. The maximum absolute atomic E-state index is 12.6. The van der Waals surface area contributed by atoms with Crippen LogP contribution in [-0.2, 0) is 6.54 Å². The van der Waals surface area contributed by atoms with E-state index in [4.69, 9.17) is 0 Å². The zero-order valence-electron chi connectivity index (χ0n) is 15.4. The first-order chi connectivity index (χ1) is 12.3. The summed E-state index contributed by atoms with van der Waals surface area (Å²) in [6.45, 7) is 11.4. The summed E-state index contributed by atoms with van der Waals surface area (Å²) < 4.78 is 2.04. The van der Waals surface area contributed by atoms with E-state index in [1.807, 2.05) is 24.5 Å². The van der Waals surface area contributed by atoms with Crippen LogP contribution in [0.3, 0.4) is 0 Å². The fourth-order valence-corrected chi connectivity index (χ4v) is 3.72. The number of thioether (sulfide) groups is 1. The topological polar surface area (TPSA) is 75.8 Å². The summed E-state index contributed by atoms with van der Waals surface area (Å²) in [5.74, 6) is 0.0324. The monoisotopic (exact) mass is 367 g/mol. The lowest BCUT2D eigenvalue weighted by atomic mass is 10.1. The third kappa shape index (κ3) is 3.94. The summed E-state index contributed by atoms with van der Waals surface area (Å²) in [4.78, 5) is 28.6. The SMILES string of the molecule is C=CCn1c(C)cc(C(=O)CSc2nc(C)c(C(C)=O)cc2C#N)c1C. The third-order valence-electron chi connectivity index (χ3n) is 4.20. The van der Waals surface area contributed by atoms with Crippen molar-refractivity contribution in [3.05, 3.63) is 58.6 Å². The van der Waals surface area contributed by atoms with E-state index >= 15 is 0 Å². The van der Waals surface area contributed by atoms with Gasteiger partial charge in [0.15, 0.2) is 11.6 Å². The number of nitriles is 1. The Labute approximate surface area is 157 Å². The molecule has 0 saturated carbocycles. The molecule has 0 N–H and O–H groups in total. The van der Waals surface area contributed by atoms with Gasteiger partial charge in [0.25, 0.3) is 0 Å². The van der Waals surface area contributed by atoms with Crippen LogP contribution in [-0.4, -0.2) is 26.9 Å². The Morgan fingerprint density at radius 3 is 2.58 bits per heavy atom. The number of nitrogens with zero attached hydrogens (tertiary/aromatic N) is 3. The summed E-state index contributed by atoms with van der Waals surface area (Å²) in [6.07, 6.45) is 1.80. The van der Waals surface area contributed by atoms with Crippen molar-refractivity contribution in [1.29, 1.82) is 5.26 Å². The minimum absolute atomic E-state index is 0.0163. The molecule has 0 aliphatic rings. The predicted molar refractivity (Wildman–Crippen MR) is 103 cm³/mol. The molecule has 5 nitrogen and oxygen atoms in total. The first-order valence-electron chi connectivity index (χ1n) is 8.16. The van der Waals surface area contributed by atoms with Crippen molar-refractivity contribution in [2.24, 2.45) is 0 Å². The van der Waals surface area contributed by atoms with Gasteiger partial charge in [-0.2, -0.15) is 5.26 Å². The Hall–Kier alpha value is -2.65. The molecule has 0 aliphatic carbocycles. The second kappa shape index (κ2) is 8.15. The Balaban J connectivity index is 2.24. The van der Waals surface area contributed by atoms with Crippen LogP contribution in [0.4, 0.5) is 0 Å². The number of allylic oxidation sites excluding steroid dienone is 1. The van der Waals surface area contributed by atoms with Crippen LogP contribution < -0.4 is 0 Å². The largest absolute Gasteiger partial charge is 0.345 e. The van der Waals surface area contributed by atoms with Gasteiger partial charge in [0.2, 0.25) is 0 Å². The van der Waals surface area contributed by atoms with E-state index in [1.54, 1.807) is 19.1 Å². The molecule has 26 heavy (non-hydrogen) atoms. The Bertz CT molecular complexity index is 936. The average molecular weight is 367 g/mol. The lowest BCUT2D eigenvalue weighted by Gasteiger charge is -2.08. The van der Waals surface area contributed by atoms with Gasteiger partial charge in [-0.3, -0.25) is 9.59 Å². The van der Waals surface area contributed by atoms with Gasteiger partial charge in [-0.15, -0.1) is 6.58 Å². The molecule has 0 bridgehead atoms. The van der Waals surface area contributed by atoms with Crippen LogP contribution in [0.25, 0.3) is 0 Å². The molecule has 6 heteroatoms. The zero-order valence-corrected chi connectivity index (χ0v) is 16.2. The van der Waals surface area contributed by atoms with Crippen molar-refractivity contribution in [2.75, 3.05) is 5.75 Å². The van der Waals surface area contributed by atoms with E-state index in [0.29, 0.717) is 34.0 Å².